The Morgan fingerprint density at radius 2 is 1.93 bits per heavy atom. The summed E-state index contributed by atoms with van der Waals surface area (Å²) < 4.78 is 11.0. The highest BCUT2D eigenvalue weighted by molar-refractivity contribution is 6.32. The van der Waals surface area contributed by atoms with Gasteiger partial charge in [-0.05, 0) is 63.0 Å². The first-order valence-electron chi connectivity index (χ1n) is 9.09. The van der Waals surface area contributed by atoms with Gasteiger partial charge in [0, 0.05) is 11.8 Å². The standard InChI is InChI=1S/C20H21ClN4O2/c1-12(2)26-20-17(21)10-16(11-23-20)19-24-18(25-27-19)15-4-3-13-5-7-22-8-6-14(13)9-15/h3-4,9-12,22H,5-8H2,1-2H3. The van der Waals surface area contributed by atoms with Crippen LogP contribution in [-0.2, 0) is 12.8 Å². The van der Waals surface area contributed by atoms with Gasteiger partial charge < -0.3 is 14.6 Å². The number of halogens is 1. The molecule has 0 saturated heterocycles. The summed E-state index contributed by atoms with van der Waals surface area (Å²) >= 11 is 6.26. The number of rotatable bonds is 4. The minimum Gasteiger partial charge on any atom is -0.474 e. The number of pyridine rings is 1. The molecule has 0 spiro atoms. The molecule has 1 aromatic carbocycles. The fourth-order valence-corrected chi connectivity index (χ4v) is 3.33. The number of hydrogen-bond acceptors (Lipinski definition) is 6. The lowest BCUT2D eigenvalue weighted by molar-refractivity contribution is 0.233. The highest BCUT2D eigenvalue weighted by atomic mass is 35.5. The lowest BCUT2D eigenvalue weighted by atomic mass is 10.00. The van der Waals surface area contributed by atoms with Crippen molar-refractivity contribution in [1.29, 1.82) is 0 Å². The largest absolute Gasteiger partial charge is 0.474 e. The Hall–Kier alpha value is -2.44. The van der Waals surface area contributed by atoms with Crippen molar-refractivity contribution in [2.75, 3.05) is 13.1 Å². The van der Waals surface area contributed by atoms with Crippen LogP contribution < -0.4 is 10.1 Å². The fraction of sp³-hybridized carbons (Fsp3) is 0.350. The first-order chi connectivity index (χ1) is 13.1. The molecule has 0 atom stereocenters. The van der Waals surface area contributed by atoms with Crippen molar-refractivity contribution < 1.29 is 9.26 Å². The molecule has 1 N–H and O–H groups in total. The van der Waals surface area contributed by atoms with Gasteiger partial charge in [-0.2, -0.15) is 4.98 Å². The van der Waals surface area contributed by atoms with E-state index in [0.717, 1.165) is 31.5 Å². The summed E-state index contributed by atoms with van der Waals surface area (Å²) in [5.41, 5.74) is 4.33. The maximum atomic E-state index is 6.26. The Kier molecular flexibility index (Phi) is 5.09. The lowest BCUT2D eigenvalue weighted by Gasteiger charge is -2.09. The first kappa shape index (κ1) is 17.9. The van der Waals surface area contributed by atoms with E-state index in [-0.39, 0.29) is 6.10 Å². The molecule has 4 rings (SSSR count). The van der Waals surface area contributed by atoms with Gasteiger partial charge in [-0.25, -0.2) is 4.98 Å². The van der Waals surface area contributed by atoms with Gasteiger partial charge >= 0.3 is 0 Å². The average Bonchev–Trinajstić information content (AvgIpc) is 3.02. The Labute approximate surface area is 162 Å². The van der Waals surface area contributed by atoms with Crippen LogP contribution in [0, 0.1) is 0 Å². The Bertz CT molecular complexity index is 955. The third kappa shape index (κ3) is 3.96. The molecule has 0 saturated carbocycles. The van der Waals surface area contributed by atoms with E-state index in [0.29, 0.717) is 28.2 Å². The van der Waals surface area contributed by atoms with E-state index in [9.17, 15) is 0 Å². The number of nitrogens with one attached hydrogen (secondary N) is 1. The van der Waals surface area contributed by atoms with Crippen molar-refractivity contribution in [3.8, 4) is 28.7 Å². The summed E-state index contributed by atoms with van der Waals surface area (Å²) in [6, 6.07) is 8.09. The van der Waals surface area contributed by atoms with Crippen LogP contribution in [-0.4, -0.2) is 34.3 Å². The molecule has 3 heterocycles. The van der Waals surface area contributed by atoms with Crippen molar-refractivity contribution >= 4 is 11.6 Å². The van der Waals surface area contributed by atoms with Crippen LogP contribution in [0.5, 0.6) is 5.88 Å². The van der Waals surface area contributed by atoms with Crippen LogP contribution in [0.25, 0.3) is 22.8 Å². The fourth-order valence-electron chi connectivity index (χ4n) is 3.12. The van der Waals surface area contributed by atoms with Crippen LogP contribution in [0.2, 0.25) is 5.02 Å². The van der Waals surface area contributed by atoms with Gasteiger partial charge in [0.2, 0.25) is 11.7 Å². The molecular formula is C20H21ClN4O2. The van der Waals surface area contributed by atoms with E-state index in [4.69, 9.17) is 20.9 Å². The smallest absolute Gasteiger partial charge is 0.259 e. The van der Waals surface area contributed by atoms with Gasteiger partial charge in [0.15, 0.2) is 0 Å². The summed E-state index contributed by atoms with van der Waals surface area (Å²) in [6.07, 6.45) is 3.68. The monoisotopic (exact) mass is 384 g/mol. The van der Waals surface area contributed by atoms with Crippen LogP contribution in [0.3, 0.4) is 0 Å². The molecule has 0 fully saturated rings. The van der Waals surface area contributed by atoms with Crippen molar-refractivity contribution in [2.24, 2.45) is 0 Å². The molecule has 7 heteroatoms. The number of ether oxygens (including phenoxy) is 1. The molecule has 6 nitrogen and oxygen atoms in total. The molecular weight excluding hydrogens is 364 g/mol. The van der Waals surface area contributed by atoms with E-state index in [1.807, 2.05) is 19.9 Å². The topological polar surface area (TPSA) is 73.1 Å². The summed E-state index contributed by atoms with van der Waals surface area (Å²) in [6.45, 7) is 5.85. The lowest BCUT2D eigenvalue weighted by Crippen LogP contribution is -2.16. The summed E-state index contributed by atoms with van der Waals surface area (Å²) in [5.74, 6) is 1.34. The van der Waals surface area contributed by atoms with E-state index in [1.54, 1.807) is 12.3 Å². The molecule has 0 radical (unpaired) electrons. The predicted molar refractivity (Wildman–Crippen MR) is 104 cm³/mol. The number of aromatic nitrogens is 3. The van der Waals surface area contributed by atoms with Gasteiger partial charge in [-0.15, -0.1) is 0 Å². The molecule has 0 bridgehead atoms. The van der Waals surface area contributed by atoms with Crippen molar-refractivity contribution in [1.82, 2.24) is 20.4 Å². The van der Waals surface area contributed by atoms with Crippen LogP contribution in [0.15, 0.2) is 35.0 Å². The number of fused-ring (bicyclic) bond motifs is 1. The maximum Gasteiger partial charge on any atom is 0.259 e. The third-order valence-corrected chi connectivity index (χ3v) is 4.71. The second kappa shape index (κ2) is 7.66. The quantitative estimate of drug-likeness (QED) is 0.734. The van der Waals surface area contributed by atoms with E-state index in [1.165, 1.54) is 11.1 Å². The molecule has 2 aromatic heterocycles. The predicted octanol–water partition coefficient (Wildman–Crippen LogP) is 3.93. The van der Waals surface area contributed by atoms with Crippen molar-refractivity contribution in [2.45, 2.75) is 32.8 Å². The van der Waals surface area contributed by atoms with Gasteiger partial charge in [-0.3, -0.25) is 0 Å². The summed E-state index contributed by atoms with van der Waals surface area (Å²) in [4.78, 5) is 8.78. The minimum atomic E-state index is -0.000680. The van der Waals surface area contributed by atoms with Crippen LogP contribution in [0.4, 0.5) is 0 Å². The second-order valence-corrected chi connectivity index (χ2v) is 7.24. The summed E-state index contributed by atoms with van der Waals surface area (Å²) in [7, 11) is 0. The normalized spacial score (nSPS) is 14.1. The van der Waals surface area contributed by atoms with Gasteiger partial charge in [-0.1, -0.05) is 28.9 Å². The maximum absolute atomic E-state index is 6.26. The number of nitrogens with zero attached hydrogens (tertiary/aromatic N) is 3. The molecule has 3 aromatic rings. The minimum absolute atomic E-state index is 0.000680. The number of benzene rings is 1. The molecule has 27 heavy (non-hydrogen) atoms. The second-order valence-electron chi connectivity index (χ2n) is 6.83. The highest BCUT2D eigenvalue weighted by Gasteiger charge is 2.16. The SMILES string of the molecule is CC(C)Oc1ncc(-c2nc(-c3ccc4c(c3)CCNCC4)no2)cc1Cl. The van der Waals surface area contributed by atoms with Gasteiger partial charge in [0.1, 0.15) is 5.02 Å². The summed E-state index contributed by atoms with van der Waals surface area (Å²) in [5, 5.41) is 7.97. The third-order valence-electron chi connectivity index (χ3n) is 4.43. The Balaban J connectivity index is 1.60. The number of hydrogen-bond donors (Lipinski definition) is 1. The van der Waals surface area contributed by atoms with Crippen LogP contribution in [0.1, 0.15) is 25.0 Å². The van der Waals surface area contributed by atoms with E-state index >= 15 is 0 Å². The van der Waals surface area contributed by atoms with Gasteiger partial charge in [0.25, 0.3) is 5.89 Å². The zero-order valence-electron chi connectivity index (χ0n) is 15.3. The zero-order chi connectivity index (χ0) is 18.8. The molecule has 0 amide bonds. The zero-order valence-corrected chi connectivity index (χ0v) is 16.1. The Morgan fingerprint density at radius 1 is 1.11 bits per heavy atom. The average molecular weight is 385 g/mol. The van der Waals surface area contributed by atoms with E-state index < -0.39 is 0 Å². The van der Waals surface area contributed by atoms with Gasteiger partial charge in [0.05, 0.1) is 11.7 Å². The van der Waals surface area contributed by atoms with Crippen molar-refractivity contribution in [3.05, 3.63) is 46.6 Å². The molecule has 1 aliphatic heterocycles. The van der Waals surface area contributed by atoms with Crippen molar-refractivity contribution in [3.63, 3.8) is 0 Å². The van der Waals surface area contributed by atoms with E-state index in [2.05, 4.69) is 32.6 Å². The first-order valence-corrected chi connectivity index (χ1v) is 9.47. The highest BCUT2D eigenvalue weighted by Crippen LogP contribution is 2.29. The molecule has 0 unspecified atom stereocenters. The van der Waals surface area contributed by atoms with Crippen LogP contribution >= 0.6 is 11.6 Å². The molecule has 1 aliphatic rings. The Morgan fingerprint density at radius 3 is 2.70 bits per heavy atom. The molecule has 140 valence electrons. The molecule has 0 aliphatic carbocycles.